The van der Waals surface area contributed by atoms with Crippen LogP contribution < -0.4 is 15.0 Å². The molecule has 35 heavy (non-hydrogen) atoms. The zero-order chi connectivity index (χ0) is 24.6. The summed E-state index contributed by atoms with van der Waals surface area (Å²) in [4.78, 5) is 2.06. The van der Waals surface area contributed by atoms with Crippen LogP contribution in [0.1, 0.15) is 41.1 Å². The van der Waals surface area contributed by atoms with E-state index < -0.39 is 11.8 Å². The summed E-state index contributed by atoms with van der Waals surface area (Å²) >= 11 is 0. The van der Waals surface area contributed by atoms with E-state index in [9.17, 15) is 13.2 Å². The zero-order valence-electron chi connectivity index (χ0n) is 19.8. The second-order valence-corrected chi connectivity index (χ2v) is 9.18. The van der Waals surface area contributed by atoms with Crippen LogP contribution in [0.15, 0.2) is 72.8 Å². The molecule has 0 radical (unpaired) electrons. The molecule has 2 heterocycles. The second-order valence-electron chi connectivity index (χ2n) is 9.18. The molecule has 3 aromatic carbocycles. The third-order valence-corrected chi connectivity index (χ3v) is 7.27. The Labute approximate surface area is 203 Å². The Balaban J connectivity index is 1.62. The number of benzene rings is 3. The molecule has 0 bridgehead atoms. The Morgan fingerprint density at radius 1 is 1.03 bits per heavy atom. The highest BCUT2D eigenvalue weighted by Crippen LogP contribution is 2.54. The molecule has 7 heteroatoms. The molecular weight excluding hydrogens is 453 g/mol. The number of rotatable bonds is 5. The first kappa shape index (κ1) is 23.7. The maximum Gasteiger partial charge on any atom is 0.426 e. The number of anilines is 1. The van der Waals surface area contributed by atoms with Crippen molar-refractivity contribution in [2.24, 2.45) is 0 Å². The van der Waals surface area contributed by atoms with Crippen molar-refractivity contribution >= 4 is 5.69 Å². The van der Waals surface area contributed by atoms with E-state index in [2.05, 4.69) is 22.3 Å². The molecule has 3 atom stereocenters. The smallest absolute Gasteiger partial charge is 0.426 e. The number of piperidine rings is 1. The topological polar surface area (TPSA) is 33.7 Å². The average Bonchev–Trinajstić information content (AvgIpc) is 3.28. The molecule has 0 saturated carbocycles. The molecule has 184 valence electrons. The van der Waals surface area contributed by atoms with Crippen molar-refractivity contribution in [1.29, 1.82) is 0 Å². The number of alkyl halides is 3. The summed E-state index contributed by atoms with van der Waals surface area (Å²) < 4.78 is 55.6. The highest BCUT2D eigenvalue weighted by atomic mass is 19.4. The molecule has 0 amide bonds. The van der Waals surface area contributed by atoms with Gasteiger partial charge in [0.15, 0.2) is 0 Å². The summed E-state index contributed by atoms with van der Waals surface area (Å²) in [6.45, 7) is 0.756. The Morgan fingerprint density at radius 2 is 1.71 bits per heavy atom. The molecule has 0 aromatic heterocycles. The molecule has 2 aliphatic heterocycles. The molecule has 0 aliphatic carbocycles. The van der Waals surface area contributed by atoms with Crippen LogP contribution in [-0.2, 0) is 16.9 Å². The maximum absolute atomic E-state index is 14.8. The fraction of sp³-hybridized carbons (Fsp3) is 0.357. The van der Waals surface area contributed by atoms with Gasteiger partial charge in [0.25, 0.3) is 0 Å². The van der Waals surface area contributed by atoms with Crippen LogP contribution in [0.4, 0.5) is 18.9 Å². The lowest BCUT2D eigenvalue weighted by atomic mass is 9.84. The van der Waals surface area contributed by atoms with E-state index in [1.165, 1.54) is 12.1 Å². The van der Waals surface area contributed by atoms with E-state index in [1.807, 2.05) is 25.2 Å². The third kappa shape index (κ3) is 3.96. The van der Waals surface area contributed by atoms with Crippen LogP contribution in [0, 0.1) is 0 Å². The molecule has 1 N–H and O–H groups in total. The third-order valence-electron chi connectivity index (χ3n) is 7.27. The Bertz CT molecular complexity index is 1170. The molecule has 3 aromatic rings. The first-order valence-corrected chi connectivity index (χ1v) is 11.9. The second kappa shape index (κ2) is 9.21. The molecule has 4 nitrogen and oxygen atoms in total. The van der Waals surface area contributed by atoms with Crippen LogP contribution in [0.2, 0.25) is 0 Å². The van der Waals surface area contributed by atoms with Crippen LogP contribution in [0.3, 0.4) is 0 Å². The Morgan fingerprint density at radius 3 is 2.37 bits per heavy atom. The van der Waals surface area contributed by atoms with Crippen molar-refractivity contribution in [3.63, 3.8) is 0 Å². The van der Waals surface area contributed by atoms with Gasteiger partial charge >= 0.3 is 6.18 Å². The van der Waals surface area contributed by atoms with Crippen molar-refractivity contribution in [3.8, 4) is 5.75 Å². The number of hydrogen-bond donors (Lipinski definition) is 1. The number of nitrogens with one attached hydrogen (secondary N) is 1. The standard InChI is InChI=1S/C28H29F3N2O2/c1-33(23-14-9-15-32-26(23)19-10-5-3-6-11-19)24-17-22-20(16-25(24)34-2)18-35-27(22,28(29,30)31)21-12-7-4-8-13-21/h3-8,10-13,16-17,23,26,32H,9,14-15,18H2,1-2H3/t23-,26-,27?/m0/s1. The molecule has 1 saturated heterocycles. The predicted octanol–water partition coefficient (Wildman–Crippen LogP) is 5.96. The summed E-state index contributed by atoms with van der Waals surface area (Å²) in [6, 6.07) is 21.5. The van der Waals surface area contributed by atoms with Gasteiger partial charge < -0.3 is 19.7 Å². The highest BCUT2D eigenvalue weighted by molar-refractivity contribution is 5.65. The summed E-state index contributed by atoms with van der Waals surface area (Å²) in [5.41, 5.74) is -0.0564. The Hall–Kier alpha value is -3.03. The zero-order valence-corrected chi connectivity index (χ0v) is 19.8. The minimum absolute atomic E-state index is 0.0393. The minimum Gasteiger partial charge on any atom is -0.495 e. The summed E-state index contributed by atoms with van der Waals surface area (Å²) in [5, 5.41) is 3.61. The van der Waals surface area contributed by atoms with Crippen molar-refractivity contribution in [1.82, 2.24) is 5.32 Å². The van der Waals surface area contributed by atoms with Crippen LogP contribution in [-0.4, -0.2) is 32.9 Å². The number of likely N-dealkylation sites (N-methyl/N-ethyl adjacent to an activating group) is 1. The number of hydrogen-bond acceptors (Lipinski definition) is 4. The fourth-order valence-corrected chi connectivity index (χ4v) is 5.54. The van der Waals surface area contributed by atoms with Gasteiger partial charge in [-0.1, -0.05) is 60.7 Å². The largest absolute Gasteiger partial charge is 0.495 e. The summed E-state index contributed by atoms with van der Waals surface area (Å²) in [5.74, 6) is 0.540. The number of halogens is 3. The van der Waals surface area contributed by atoms with E-state index >= 15 is 0 Å². The summed E-state index contributed by atoms with van der Waals surface area (Å²) in [7, 11) is 3.49. The van der Waals surface area contributed by atoms with E-state index in [0.717, 1.165) is 24.9 Å². The summed E-state index contributed by atoms with van der Waals surface area (Å²) in [6.07, 6.45) is -2.75. The van der Waals surface area contributed by atoms with Gasteiger partial charge in [0.1, 0.15) is 5.75 Å². The molecule has 5 rings (SSSR count). The molecule has 1 unspecified atom stereocenters. The van der Waals surface area contributed by atoms with Gasteiger partial charge in [-0.3, -0.25) is 0 Å². The van der Waals surface area contributed by atoms with Gasteiger partial charge in [0, 0.05) is 18.7 Å². The number of nitrogens with zero attached hydrogens (tertiary/aromatic N) is 1. The average molecular weight is 483 g/mol. The molecular formula is C28H29F3N2O2. The lowest BCUT2D eigenvalue weighted by Gasteiger charge is -2.41. The molecule has 1 fully saturated rings. The van der Waals surface area contributed by atoms with Crippen LogP contribution in [0.5, 0.6) is 5.75 Å². The maximum atomic E-state index is 14.8. The van der Waals surface area contributed by atoms with Crippen molar-refractivity contribution in [2.45, 2.75) is 43.3 Å². The quantitative estimate of drug-likeness (QED) is 0.487. The SMILES string of the molecule is COc1cc2c(cc1N(C)[C@H]1CCCN[C@H]1c1ccccc1)C(c1ccccc1)(C(F)(F)F)OC2. The van der Waals surface area contributed by atoms with E-state index in [4.69, 9.17) is 9.47 Å². The van der Waals surface area contributed by atoms with Gasteiger partial charge in [-0.25, -0.2) is 0 Å². The van der Waals surface area contributed by atoms with Crippen molar-refractivity contribution in [2.75, 3.05) is 25.6 Å². The lowest BCUT2D eigenvalue weighted by molar-refractivity contribution is -0.262. The number of methoxy groups -OCH3 is 1. The van der Waals surface area contributed by atoms with Gasteiger partial charge in [0.05, 0.1) is 25.4 Å². The predicted molar refractivity (Wildman–Crippen MR) is 130 cm³/mol. The van der Waals surface area contributed by atoms with E-state index in [-0.39, 0.29) is 29.8 Å². The Kier molecular flexibility index (Phi) is 6.23. The van der Waals surface area contributed by atoms with E-state index in [0.29, 0.717) is 17.0 Å². The normalized spacial score (nSPS) is 24.1. The van der Waals surface area contributed by atoms with Gasteiger partial charge in [-0.05, 0) is 48.2 Å². The fourth-order valence-electron chi connectivity index (χ4n) is 5.54. The van der Waals surface area contributed by atoms with Gasteiger partial charge in [-0.15, -0.1) is 0 Å². The minimum atomic E-state index is -4.64. The number of ether oxygens (including phenoxy) is 2. The molecule has 2 aliphatic rings. The van der Waals surface area contributed by atoms with Crippen LogP contribution in [0.25, 0.3) is 0 Å². The number of fused-ring (bicyclic) bond motifs is 1. The lowest BCUT2D eigenvalue weighted by Crippen LogP contribution is -2.47. The van der Waals surface area contributed by atoms with Crippen molar-refractivity contribution in [3.05, 3.63) is 95.1 Å². The first-order chi connectivity index (χ1) is 16.9. The van der Waals surface area contributed by atoms with Crippen molar-refractivity contribution < 1.29 is 22.6 Å². The van der Waals surface area contributed by atoms with Crippen LogP contribution >= 0.6 is 0 Å². The highest BCUT2D eigenvalue weighted by Gasteiger charge is 2.62. The van der Waals surface area contributed by atoms with Gasteiger partial charge in [-0.2, -0.15) is 13.2 Å². The van der Waals surface area contributed by atoms with Gasteiger partial charge in [0.2, 0.25) is 5.60 Å². The monoisotopic (exact) mass is 482 g/mol. The molecule has 0 spiro atoms. The van der Waals surface area contributed by atoms with E-state index in [1.54, 1.807) is 37.4 Å². The first-order valence-electron chi connectivity index (χ1n) is 11.9.